The molecule has 496 valence electrons. The van der Waals surface area contributed by atoms with Crippen molar-refractivity contribution in [3.05, 3.63) is 141 Å². The highest BCUT2D eigenvalue weighted by Gasteiger charge is 2.47. The van der Waals surface area contributed by atoms with Gasteiger partial charge in [0.2, 0.25) is 20.0 Å². The maximum atomic E-state index is 13.4. The molecule has 0 unspecified atom stereocenters. The van der Waals surface area contributed by atoms with Crippen LogP contribution in [0.3, 0.4) is 0 Å². The van der Waals surface area contributed by atoms with Gasteiger partial charge in [0.1, 0.15) is 11.5 Å². The molecule has 91 heavy (non-hydrogen) atoms. The van der Waals surface area contributed by atoms with Crippen molar-refractivity contribution >= 4 is 66.4 Å². The molecule has 2 spiro atoms. The smallest absolute Gasteiger partial charge is 0.264 e. The lowest BCUT2D eigenvalue weighted by molar-refractivity contribution is -0.0717. The van der Waals surface area contributed by atoms with Crippen LogP contribution in [0.15, 0.2) is 97.1 Å². The van der Waals surface area contributed by atoms with Gasteiger partial charge < -0.3 is 38.2 Å². The predicted octanol–water partition coefficient (Wildman–Crippen LogP) is 12.8. The molecule has 4 aromatic carbocycles. The Bertz CT molecular complexity index is 3320. The van der Waals surface area contributed by atoms with Crippen molar-refractivity contribution in [2.45, 2.75) is 171 Å². The van der Waals surface area contributed by atoms with Crippen molar-refractivity contribution < 1.29 is 54.8 Å². The molecule has 2 N–H and O–H groups in total. The Morgan fingerprint density at radius 3 is 1.40 bits per heavy atom. The van der Waals surface area contributed by atoms with Crippen molar-refractivity contribution in [1.82, 2.24) is 9.44 Å². The van der Waals surface area contributed by atoms with Gasteiger partial charge in [0.05, 0.1) is 72.7 Å². The number of fused-ring (bicyclic) bond motifs is 8. The van der Waals surface area contributed by atoms with Gasteiger partial charge in [-0.15, -0.1) is 0 Å². The second-order valence-corrected chi connectivity index (χ2v) is 32.0. The number of aryl methyl sites for hydroxylation is 2. The summed E-state index contributed by atoms with van der Waals surface area (Å²) in [4.78, 5) is 31.5. The molecule has 4 aromatic rings. The molecule has 0 saturated heterocycles. The number of hydrogen-bond donors (Lipinski definition) is 2. The minimum absolute atomic E-state index is 0. The monoisotopic (exact) mass is 1330 g/mol. The summed E-state index contributed by atoms with van der Waals surface area (Å²) >= 11 is 12.9. The van der Waals surface area contributed by atoms with Crippen molar-refractivity contribution in [3.8, 4) is 11.5 Å². The van der Waals surface area contributed by atoms with Gasteiger partial charge in [-0.2, -0.15) is 0 Å². The summed E-state index contributed by atoms with van der Waals surface area (Å²) in [5.41, 5.74) is 6.84. The number of carbonyl (C=O) groups excluding carboxylic acids is 2. The first-order chi connectivity index (χ1) is 43.2. The first kappa shape index (κ1) is 68.7. The number of ether oxygens (including phenoxy) is 6. The highest BCUT2D eigenvalue weighted by molar-refractivity contribution is 7.91. The molecule has 20 heteroatoms. The lowest BCUT2D eigenvalue weighted by Crippen LogP contribution is -2.50. The molecule has 4 heterocycles. The molecule has 12 atom stereocenters. The van der Waals surface area contributed by atoms with E-state index in [1.54, 1.807) is 40.2 Å². The number of allylic oxidation sites excluding steroid dienone is 2. The van der Waals surface area contributed by atoms with Crippen molar-refractivity contribution in [1.29, 1.82) is 0 Å². The summed E-state index contributed by atoms with van der Waals surface area (Å²) in [5, 5.41) is 0.0191. The second kappa shape index (κ2) is 29.2. The first-order valence-electron chi connectivity index (χ1n) is 32.5. The largest absolute Gasteiger partial charge is 0.490 e. The standard InChI is InChI=1S/2C35H45ClN2O6S.CH4/c2*1-23(20-42-3)44-32-9-5-4-7-24(2)45(40,41)37-34(39)26-11-15-33-31(18-26)38(19-27-10-13-29(27)32)21-35(22-43-33)16-6-8-25-17-28(36)12-14-30(25)35;/h2*5,9,11-12,14-15,17-18,23-24,27,29,32H,4,6-8,10,13,16,19-22H2,1-3H3,(H,37,39);1H4/b2*9-5+;/t23-,24+,27-,29+,32-,35-;23-,24-,27+,29-,32+,35+;/m01./s1. The third-order valence-corrected chi connectivity index (χ3v) is 24.5. The first-order valence-corrected chi connectivity index (χ1v) is 36.4. The zero-order valence-corrected chi connectivity index (χ0v) is 56.1. The Balaban J connectivity index is 0.000000198. The van der Waals surface area contributed by atoms with E-state index >= 15 is 0 Å². The number of nitrogens with zero attached hydrogens (tertiary/aromatic N) is 2. The maximum Gasteiger partial charge on any atom is 0.264 e. The van der Waals surface area contributed by atoms with Gasteiger partial charge in [-0.3, -0.25) is 9.59 Å². The molecule has 2 fully saturated rings. The number of carbonyl (C=O) groups is 2. The zero-order chi connectivity index (χ0) is 63.5. The number of anilines is 2. The van der Waals surface area contributed by atoms with Crippen LogP contribution in [0.4, 0.5) is 11.4 Å². The Labute approximate surface area is 550 Å². The van der Waals surface area contributed by atoms with Gasteiger partial charge in [-0.1, -0.05) is 67.1 Å². The van der Waals surface area contributed by atoms with E-state index in [-0.39, 0.29) is 42.7 Å². The number of amides is 2. The number of benzene rings is 4. The normalized spacial score (nSPS) is 30.6. The van der Waals surface area contributed by atoms with Crippen LogP contribution in [0.1, 0.15) is 155 Å². The number of nitrogens with one attached hydrogen (secondary N) is 2. The minimum atomic E-state index is -3.87. The number of hydrogen-bond acceptors (Lipinski definition) is 14. The third kappa shape index (κ3) is 15.3. The Morgan fingerprint density at radius 2 is 1.01 bits per heavy atom. The molecule has 0 radical (unpaired) electrons. The summed E-state index contributed by atoms with van der Waals surface area (Å²) in [6, 6.07) is 23.0. The summed E-state index contributed by atoms with van der Waals surface area (Å²) in [6.45, 7) is 12.4. The Hall–Kier alpha value is -5.18. The molecule has 2 saturated carbocycles. The highest BCUT2D eigenvalue weighted by Crippen LogP contribution is 2.50. The Kier molecular flexibility index (Phi) is 22.0. The van der Waals surface area contributed by atoms with E-state index in [0.717, 1.165) is 112 Å². The fourth-order valence-electron chi connectivity index (χ4n) is 15.3. The van der Waals surface area contributed by atoms with Crippen LogP contribution in [-0.4, -0.2) is 130 Å². The molecule has 2 amide bonds. The second-order valence-electron chi connectivity index (χ2n) is 26.9. The summed E-state index contributed by atoms with van der Waals surface area (Å²) in [5.74, 6) is 1.53. The van der Waals surface area contributed by atoms with Crippen LogP contribution in [0.25, 0.3) is 0 Å². The van der Waals surface area contributed by atoms with Gasteiger partial charge in [-0.25, -0.2) is 26.3 Å². The number of halogens is 2. The predicted molar refractivity (Wildman–Crippen MR) is 360 cm³/mol. The fraction of sp³-hybridized carbons (Fsp3) is 0.577. The van der Waals surface area contributed by atoms with Gasteiger partial charge in [0, 0.05) is 72.4 Å². The minimum Gasteiger partial charge on any atom is -0.490 e. The fourth-order valence-corrected chi connectivity index (χ4v) is 17.7. The number of rotatable bonds is 8. The summed E-state index contributed by atoms with van der Waals surface area (Å²) < 4.78 is 94.3. The van der Waals surface area contributed by atoms with Crippen LogP contribution >= 0.6 is 23.2 Å². The average molecular weight is 1330 g/mol. The lowest BCUT2D eigenvalue weighted by Gasteiger charge is -2.46. The van der Waals surface area contributed by atoms with E-state index in [2.05, 4.69) is 55.7 Å². The summed E-state index contributed by atoms with van der Waals surface area (Å²) in [7, 11) is -4.38. The topological polar surface area (TPSA) is 188 Å². The van der Waals surface area contributed by atoms with Gasteiger partial charge in [0.15, 0.2) is 0 Å². The van der Waals surface area contributed by atoms with Crippen LogP contribution in [-0.2, 0) is 62.7 Å². The molecule has 12 rings (SSSR count). The van der Waals surface area contributed by atoms with E-state index < -0.39 is 42.4 Å². The van der Waals surface area contributed by atoms with E-state index in [1.165, 1.54) is 22.3 Å². The summed E-state index contributed by atoms with van der Waals surface area (Å²) in [6.07, 6.45) is 20.2. The average Bonchev–Trinajstić information content (AvgIpc) is 1.72. The van der Waals surface area contributed by atoms with Crippen LogP contribution in [0.5, 0.6) is 11.5 Å². The Morgan fingerprint density at radius 1 is 0.593 bits per heavy atom. The lowest BCUT2D eigenvalue weighted by atomic mass is 9.68. The maximum absolute atomic E-state index is 13.4. The number of methoxy groups -OCH3 is 2. The van der Waals surface area contributed by atoms with Crippen LogP contribution in [0.2, 0.25) is 10.0 Å². The molecule has 4 aliphatic heterocycles. The van der Waals surface area contributed by atoms with Crippen molar-refractivity contribution in [3.63, 3.8) is 0 Å². The van der Waals surface area contributed by atoms with E-state index in [0.29, 0.717) is 98.4 Å². The van der Waals surface area contributed by atoms with Gasteiger partial charge >= 0.3 is 0 Å². The molecule has 4 aliphatic carbocycles. The SMILES string of the molecule is C.COC[C@@H](C)O[C@H]1/C=C/CC[C@@H](C)S(=O)(=O)NC(=O)c2ccc3c(c2)N(C[C@@H]2CC[C@H]21)C[C@@]1(CCCc2cc(Cl)ccc21)CO3.COC[C@H](C)O[C@H]1/C=C/CC[C@@H](C)S(=O)(=O)NC(=O)c2ccc3c(c2)N(C[C@@H]2CC[C@H]21)C[C@@]1(CCCc2cc(Cl)ccc21)CO3. The molecular weight excluding hydrogens is 1240 g/mol. The molecule has 0 aromatic heterocycles. The zero-order valence-electron chi connectivity index (χ0n) is 52.9. The van der Waals surface area contributed by atoms with Gasteiger partial charge in [0.25, 0.3) is 11.8 Å². The third-order valence-electron chi connectivity index (χ3n) is 20.5. The van der Waals surface area contributed by atoms with E-state index in [4.69, 9.17) is 51.6 Å². The van der Waals surface area contributed by atoms with Crippen molar-refractivity contribution in [2.75, 3.05) is 76.6 Å². The molecule has 8 aliphatic rings. The van der Waals surface area contributed by atoms with Crippen LogP contribution < -0.4 is 28.7 Å². The van der Waals surface area contributed by atoms with E-state index in [1.807, 2.05) is 62.4 Å². The molecule has 16 nitrogen and oxygen atoms in total. The van der Waals surface area contributed by atoms with Crippen molar-refractivity contribution in [2.24, 2.45) is 23.7 Å². The number of sulfonamides is 2. The molecule has 4 bridgehead atoms. The van der Waals surface area contributed by atoms with E-state index in [9.17, 15) is 26.4 Å². The quantitative estimate of drug-likeness (QED) is 0.159. The van der Waals surface area contributed by atoms with Gasteiger partial charge in [-0.05, 0) is 224 Å². The van der Waals surface area contributed by atoms with Crippen LogP contribution in [0, 0.1) is 23.7 Å². The molecular formula is C71H94Cl2N4O12S2. The highest BCUT2D eigenvalue weighted by atomic mass is 35.5.